The maximum absolute atomic E-state index is 11.9. The second-order valence-corrected chi connectivity index (χ2v) is 5.67. The molecule has 0 atom stereocenters. The van der Waals surface area contributed by atoms with Gasteiger partial charge in [0.2, 0.25) is 11.8 Å². The molecule has 0 aromatic heterocycles. The van der Waals surface area contributed by atoms with Gasteiger partial charge in [0.15, 0.2) is 11.5 Å². The van der Waals surface area contributed by atoms with Crippen molar-refractivity contribution in [2.45, 2.75) is 32.2 Å². The van der Waals surface area contributed by atoms with Crippen LogP contribution in [0.2, 0.25) is 0 Å². The second kappa shape index (κ2) is 8.41. The standard InChI is InChI=1S/C17H24N2O4/c1-22-14-8-7-12(9-15(14)23-2)10-18-16(20)11-19-17(21)13-5-3-4-6-13/h7-9,13H,3-6,10-11H2,1-2H3,(H,18,20)(H,19,21). The summed E-state index contributed by atoms with van der Waals surface area (Å²) in [6.07, 6.45) is 4.06. The predicted octanol–water partition coefficient (Wildman–Crippen LogP) is 1.63. The third kappa shape index (κ3) is 4.87. The zero-order valence-electron chi connectivity index (χ0n) is 13.7. The minimum absolute atomic E-state index is 0.0104. The van der Waals surface area contributed by atoms with Gasteiger partial charge in [-0.1, -0.05) is 18.9 Å². The maximum Gasteiger partial charge on any atom is 0.239 e. The Bertz CT molecular complexity index is 554. The molecule has 1 aliphatic rings. The number of ether oxygens (including phenoxy) is 2. The third-order valence-electron chi connectivity index (χ3n) is 4.09. The van der Waals surface area contributed by atoms with E-state index in [1.165, 1.54) is 0 Å². The summed E-state index contributed by atoms with van der Waals surface area (Å²) in [4.78, 5) is 23.7. The van der Waals surface area contributed by atoms with E-state index < -0.39 is 0 Å². The molecular formula is C17H24N2O4. The summed E-state index contributed by atoms with van der Waals surface area (Å²) < 4.78 is 10.4. The lowest BCUT2D eigenvalue weighted by Crippen LogP contribution is -2.38. The van der Waals surface area contributed by atoms with Crippen LogP contribution in [0.3, 0.4) is 0 Å². The minimum atomic E-state index is -0.203. The number of amides is 2. The first kappa shape index (κ1) is 17.1. The van der Waals surface area contributed by atoms with Gasteiger partial charge in [0.25, 0.3) is 0 Å². The molecule has 126 valence electrons. The number of methoxy groups -OCH3 is 2. The lowest BCUT2D eigenvalue weighted by atomic mass is 10.1. The predicted molar refractivity (Wildman–Crippen MR) is 86.4 cm³/mol. The van der Waals surface area contributed by atoms with E-state index in [9.17, 15) is 9.59 Å². The van der Waals surface area contributed by atoms with Crippen LogP contribution in [0.5, 0.6) is 11.5 Å². The number of hydrogen-bond acceptors (Lipinski definition) is 4. The van der Waals surface area contributed by atoms with Crippen LogP contribution in [-0.4, -0.2) is 32.6 Å². The topological polar surface area (TPSA) is 76.7 Å². The van der Waals surface area contributed by atoms with Crippen molar-refractivity contribution in [2.75, 3.05) is 20.8 Å². The fraction of sp³-hybridized carbons (Fsp3) is 0.529. The van der Waals surface area contributed by atoms with Gasteiger partial charge in [-0.3, -0.25) is 9.59 Å². The number of carbonyl (C=O) groups excluding carboxylic acids is 2. The van der Waals surface area contributed by atoms with Crippen molar-refractivity contribution in [3.8, 4) is 11.5 Å². The normalized spacial score (nSPS) is 14.3. The van der Waals surface area contributed by atoms with Crippen molar-refractivity contribution in [1.82, 2.24) is 10.6 Å². The highest BCUT2D eigenvalue weighted by molar-refractivity contribution is 5.85. The second-order valence-electron chi connectivity index (χ2n) is 5.67. The third-order valence-corrected chi connectivity index (χ3v) is 4.09. The zero-order valence-corrected chi connectivity index (χ0v) is 13.7. The quantitative estimate of drug-likeness (QED) is 0.800. The van der Waals surface area contributed by atoms with Gasteiger partial charge in [0.05, 0.1) is 20.8 Å². The molecule has 0 unspecified atom stereocenters. The molecule has 1 saturated carbocycles. The van der Waals surface area contributed by atoms with Gasteiger partial charge in [-0.2, -0.15) is 0 Å². The van der Waals surface area contributed by atoms with Gasteiger partial charge in [0, 0.05) is 12.5 Å². The Kier molecular flexibility index (Phi) is 6.26. The Balaban J connectivity index is 1.76. The molecule has 0 spiro atoms. The van der Waals surface area contributed by atoms with Crippen LogP contribution in [-0.2, 0) is 16.1 Å². The zero-order chi connectivity index (χ0) is 16.7. The molecule has 2 rings (SSSR count). The smallest absolute Gasteiger partial charge is 0.239 e. The molecule has 6 nitrogen and oxygen atoms in total. The van der Waals surface area contributed by atoms with Crippen LogP contribution < -0.4 is 20.1 Å². The molecule has 0 bridgehead atoms. The van der Waals surface area contributed by atoms with Crippen molar-refractivity contribution in [3.63, 3.8) is 0 Å². The van der Waals surface area contributed by atoms with Gasteiger partial charge >= 0.3 is 0 Å². The van der Waals surface area contributed by atoms with E-state index in [-0.39, 0.29) is 24.3 Å². The van der Waals surface area contributed by atoms with E-state index in [1.54, 1.807) is 20.3 Å². The fourth-order valence-electron chi connectivity index (χ4n) is 2.75. The van der Waals surface area contributed by atoms with Crippen LogP contribution in [0.4, 0.5) is 0 Å². The highest BCUT2D eigenvalue weighted by Crippen LogP contribution is 2.27. The Morgan fingerprint density at radius 1 is 1.09 bits per heavy atom. The van der Waals surface area contributed by atoms with Crippen LogP contribution >= 0.6 is 0 Å². The van der Waals surface area contributed by atoms with E-state index in [4.69, 9.17) is 9.47 Å². The summed E-state index contributed by atoms with van der Waals surface area (Å²) in [6.45, 7) is 0.390. The minimum Gasteiger partial charge on any atom is -0.493 e. The molecule has 0 saturated heterocycles. The Morgan fingerprint density at radius 2 is 1.78 bits per heavy atom. The highest BCUT2D eigenvalue weighted by Gasteiger charge is 2.22. The van der Waals surface area contributed by atoms with Gasteiger partial charge in [-0.25, -0.2) is 0 Å². The lowest BCUT2D eigenvalue weighted by molar-refractivity contribution is -0.128. The number of nitrogens with one attached hydrogen (secondary N) is 2. The summed E-state index contributed by atoms with van der Waals surface area (Å²) in [6, 6.07) is 5.47. The van der Waals surface area contributed by atoms with E-state index in [0.29, 0.717) is 18.0 Å². The van der Waals surface area contributed by atoms with Crippen molar-refractivity contribution in [1.29, 1.82) is 0 Å². The molecule has 1 aromatic carbocycles. The van der Waals surface area contributed by atoms with Gasteiger partial charge in [-0.05, 0) is 30.5 Å². The van der Waals surface area contributed by atoms with Crippen LogP contribution in [0, 0.1) is 5.92 Å². The highest BCUT2D eigenvalue weighted by atomic mass is 16.5. The summed E-state index contributed by atoms with van der Waals surface area (Å²) in [5, 5.41) is 5.49. The molecule has 2 N–H and O–H groups in total. The van der Waals surface area contributed by atoms with Crippen LogP contribution in [0.15, 0.2) is 18.2 Å². The van der Waals surface area contributed by atoms with E-state index in [1.807, 2.05) is 12.1 Å². The summed E-state index contributed by atoms with van der Waals surface area (Å²) in [5.41, 5.74) is 0.901. The van der Waals surface area contributed by atoms with E-state index in [0.717, 1.165) is 31.2 Å². The Morgan fingerprint density at radius 3 is 2.43 bits per heavy atom. The molecule has 1 fully saturated rings. The number of hydrogen-bond donors (Lipinski definition) is 2. The first-order chi connectivity index (χ1) is 11.1. The number of rotatable bonds is 7. The molecule has 6 heteroatoms. The monoisotopic (exact) mass is 320 g/mol. The Labute approximate surface area is 136 Å². The Hall–Kier alpha value is -2.24. The summed E-state index contributed by atoms with van der Waals surface area (Å²) >= 11 is 0. The SMILES string of the molecule is COc1ccc(CNC(=O)CNC(=O)C2CCCC2)cc1OC. The molecular weight excluding hydrogens is 296 g/mol. The van der Waals surface area contributed by atoms with E-state index in [2.05, 4.69) is 10.6 Å². The lowest BCUT2D eigenvalue weighted by Gasteiger charge is -2.12. The maximum atomic E-state index is 11.9. The first-order valence-electron chi connectivity index (χ1n) is 7.89. The molecule has 1 aliphatic carbocycles. The van der Waals surface area contributed by atoms with Gasteiger partial charge < -0.3 is 20.1 Å². The summed E-state index contributed by atoms with van der Waals surface area (Å²) in [5.74, 6) is 1.13. The molecule has 2 amide bonds. The van der Waals surface area contributed by atoms with Crippen molar-refractivity contribution in [3.05, 3.63) is 23.8 Å². The van der Waals surface area contributed by atoms with Crippen LogP contribution in [0.1, 0.15) is 31.2 Å². The summed E-state index contributed by atoms with van der Waals surface area (Å²) in [7, 11) is 3.14. The molecule has 23 heavy (non-hydrogen) atoms. The molecule has 0 heterocycles. The van der Waals surface area contributed by atoms with Crippen LogP contribution in [0.25, 0.3) is 0 Å². The fourth-order valence-corrected chi connectivity index (χ4v) is 2.75. The average molecular weight is 320 g/mol. The van der Waals surface area contributed by atoms with Crippen molar-refractivity contribution < 1.29 is 19.1 Å². The van der Waals surface area contributed by atoms with Gasteiger partial charge in [-0.15, -0.1) is 0 Å². The largest absolute Gasteiger partial charge is 0.493 e. The number of benzene rings is 1. The first-order valence-corrected chi connectivity index (χ1v) is 7.89. The van der Waals surface area contributed by atoms with E-state index >= 15 is 0 Å². The number of carbonyl (C=O) groups is 2. The molecule has 0 radical (unpaired) electrons. The van der Waals surface area contributed by atoms with Crippen molar-refractivity contribution >= 4 is 11.8 Å². The average Bonchev–Trinajstić information content (AvgIpc) is 3.12. The van der Waals surface area contributed by atoms with Gasteiger partial charge in [0.1, 0.15) is 0 Å². The van der Waals surface area contributed by atoms with Crippen molar-refractivity contribution in [2.24, 2.45) is 5.92 Å². The molecule has 1 aromatic rings. The molecule has 0 aliphatic heterocycles.